The van der Waals surface area contributed by atoms with Crippen molar-refractivity contribution in [1.82, 2.24) is 14.9 Å². The van der Waals surface area contributed by atoms with Crippen LogP contribution >= 0.6 is 0 Å². The van der Waals surface area contributed by atoms with Crippen LogP contribution < -0.4 is 15.4 Å². The Balaban J connectivity index is 1.44. The van der Waals surface area contributed by atoms with Crippen molar-refractivity contribution in [2.45, 2.75) is 44.8 Å². The maximum Gasteiger partial charge on any atom is 0.411 e. The van der Waals surface area contributed by atoms with Crippen LogP contribution in [0.3, 0.4) is 0 Å². The summed E-state index contributed by atoms with van der Waals surface area (Å²) in [6.07, 6.45) is 0.894. The third-order valence-electron chi connectivity index (χ3n) is 7.58. The number of fused-ring (bicyclic) bond motifs is 4. The summed E-state index contributed by atoms with van der Waals surface area (Å²) in [5.41, 5.74) is 1.62. The number of aromatic amines is 1. The van der Waals surface area contributed by atoms with E-state index in [1.807, 2.05) is 6.92 Å². The summed E-state index contributed by atoms with van der Waals surface area (Å²) in [7, 11) is 2.53. The highest BCUT2D eigenvalue weighted by atomic mass is 19.1. The van der Waals surface area contributed by atoms with Gasteiger partial charge in [-0.05, 0) is 43.2 Å². The Labute approximate surface area is 240 Å². The molecule has 0 radical (unpaired) electrons. The highest BCUT2D eigenvalue weighted by Crippen LogP contribution is 2.39. The van der Waals surface area contributed by atoms with E-state index in [4.69, 9.17) is 14.5 Å². The lowest BCUT2D eigenvalue weighted by Gasteiger charge is -2.36. The number of anilines is 2. The van der Waals surface area contributed by atoms with Crippen LogP contribution in [0.25, 0.3) is 11.3 Å². The second kappa shape index (κ2) is 12.0. The molecule has 222 valence electrons. The van der Waals surface area contributed by atoms with Crippen molar-refractivity contribution in [3.63, 3.8) is 0 Å². The molecule has 13 heteroatoms. The first kappa shape index (κ1) is 28.8. The van der Waals surface area contributed by atoms with E-state index in [9.17, 15) is 23.2 Å². The number of hydrogen-bond acceptors (Lipinski definition) is 7. The van der Waals surface area contributed by atoms with E-state index in [1.54, 1.807) is 24.4 Å². The molecule has 1 aromatic heterocycles. The van der Waals surface area contributed by atoms with Gasteiger partial charge >= 0.3 is 12.2 Å². The molecule has 3 heterocycles. The van der Waals surface area contributed by atoms with E-state index < -0.39 is 36.0 Å². The van der Waals surface area contributed by atoms with Gasteiger partial charge in [0.15, 0.2) is 11.6 Å². The SMILES string of the molecule is COC(=O)Nc1ccc2c(c1)NC(=O)C(C)CCC[C@H](N1CCC(c3c(F)ccc(OC)c3F)OC1=O)c1nc-2c[nH]1. The molecule has 3 atom stereocenters. The Morgan fingerprint density at radius 3 is 2.69 bits per heavy atom. The molecular weight excluding hydrogens is 552 g/mol. The first-order chi connectivity index (χ1) is 20.2. The maximum absolute atomic E-state index is 14.9. The molecule has 2 aromatic carbocycles. The minimum atomic E-state index is -1.12. The number of aromatic nitrogens is 2. The van der Waals surface area contributed by atoms with Gasteiger partial charge in [0, 0.05) is 36.3 Å². The Bertz CT molecular complexity index is 1510. The number of halogens is 2. The molecular formula is C29H31F2N5O6. The normalized spacial score (nSPS) is 20.8. The Kier molecular flexibility index (Phi) is 8.27. The summed E-state index contributed by atoms with van der Waals surface area (Å²) in [4.78, 5) is 47.5. The molecule has 11 nitrogen and oxygen atoms in total. The molecule has 2 aliphatic heterocycles. The van der Waals surface area contributed by atoms with Crippen LogP contribution in [-0.4, -0.2) is 53.7 Å². The Morgan fingerprint density at radius 1 is 1.14 bits per heavy atom. The number of H-pyrrole nitrogens is 1. The second-order valence-corrected chi connectivity index (χ2v) is 10.2. The summed E-state index contributed by atoms with van der Waals surface area (Å²) in [6.45, 7) is 1.97. The molecule has 0 saturated carbocycles. The fourth-order valence-corrected chi connectivity index (χ4v) is 5.29. The summed E-state index contributed by atoms with van der Waals surface area (Å²) < 4.78 is 44.7. The van der Waals surface area contributed by atoms with Gasteiger partial charge in [-0.25, -0.2) is 23.4 Å². The van der Waals surface area contributed by atoms with Crippen LogP contribution in [-0.2, 0) is 14.3 Å². The van der Waals surface area contributed by atoms with Gasteiger partial charge in [0.25, 0.3) is 0 Å². The van der Waals surface area contributed by atoms with Gasteiger partial charge in [-0.15, -0.1) is 0 Å². The molecule has 1 saturated heterocycles. The molecule has 0 aliphatic carbocycles. The van der Waals surface area contributed by atoms with Crippen LogP contribution in [0.5, 0.6) is 5.75 Å². The molecule has 5 rings (SSSR count). The number of nitrogens with zero attached hydrogens (tertiary/aromatic N) is 2. The van der Waals surface area contributed by atoms with Crippen molar-refractivity contribution >= 4 is 29.5 Å². The fourth-order valence-electron chi connectivity index (χ4n) is 5.29. The van der Waals surface area contributed by atoms with Crippen molar-refractivity contribution in [2.75, 3.05) is 31.4 Å². The van der Waals surface area contributed by atoms with Gasteiger partial charge in [0.1, 0.15) is 17.7 Å². The zero-order valence-corrected chi connectivity index (χ0v) is 23.3. The number of ether oxygens (including phenoxy) is 3. The fraction of sp³-hybridized carbons (Fsp3) is 0.379. The third kappa shape index (κ3) is 5.71. The number of nitrogens with one attached hydrogen (secondary N) is 3. The monoisotopic (exact) mass is 583 g/mol. The van der Waals surface area contributed by atoms with Crippen molar-refractivity contribution in [1.29, 1.82) is 0 Å². The molecule has 1 fully saturated rings. The molecule has 2 unspecified atom stereocenters. The molecule has 3 amide bonds. The molecule has 3 aromatic rings. The predicted molar refractivity (Wildman–Crippen MR) is 148 cm³/mol. The third-order valence-corrected chi connectivity index (χ3v) is 7.58. The maximum atomic E-state index is 14.9. The quantitative estimate of drug-likeness (QED) is 0.347. The number of amides is 3. The van der Waals surface area contributed by atoms with Crippen molar-refractivity contribution in [3.8, 4) is 17.0 Å². The van der Waals surface area contributed by atoms with Gasteiger partial charge in [-0.3, -0.25) is 15.0 Å². The van der Waals surface area contributed by atoms with Crippen molar-refractivity contribution < 1.29 is 37.4 Å². The molecule has 3 N–H and O–H groups in total. The molecule has 42 heavy (non-hydrogen) atoms. The van der Waals surface area contributed by atoms with Gasteiger partial charge in [0.2, 0.25) is 5.91 Å². The lowest BCUT2D eigenvalue weighted by atomic mass is 9.97. The number of hydrogen-bond donors (Lipinski definition) is 3. The lowest BCUT2D eigenvalue weighted by Crippen LogP contribution is -2.42. The Morgan fingerprint density at radius 2 is 1.95 bits per heavy atom. The van der Waals surface area contributed by atoms with Crippen LogP contribution in [0, 0.1) is 17.6 Å². The van der Waals surface area contributed by atoms with Crippen molar-refractivity contribution in [3.05, 3.63) is 59.6 Å². The number of rotatable bonds is 4. The topological polar surface area (TPSA) is 135 Å². The van der Waals surface area contributed by atoms with Crippen LogP contribution in [0.2, 0.25) is 0 Å². The van der Waals surface area contributed by atoms with Gasteiger partial charge < -0.3 is 24.5 Å². The zero-order valence-electron chi connectivity index (χ0n) is 23.3. The zero-order chi connectivity index (χ0) is 30.0. The summed E-state index contributed by atoms with van der Waals surface area (Å²) in [5.74, 6) is -1.92. The molecule has 2 bridgehead atoms. The van der Waals surface area contributed by atoms with E-state index in [-0.39, 0.29) is 36.1 Å². The predicted octanol–water partition coefficient (Wildman–Crippen LogP) is 5.93. The largest absolute Gasteiger partial charge is 0.494 e. The molecule has 2 aliphatic rings. The molecule has 0 spiro atoms. The van der Waals surface area contributed by atoms with E-state index in [0.717, 1.165) is 6.07 Å². The van der Waals surface area contributed by atoms with E-state index in [1.165, 1.54) is 25.2 Å². The van der Waals surface area contributed by atoms with Crippen molar-refractivity contribution in [2.24, 2.45) is 5.92 Å². The number of cyclic esters (lactones) is 1. The van der Waals surface area contributed by atoms with Crippen LogP contribution in [0.4, 0.5) is 29.7 Å². The summed E-state index contributed by atoms with van der Waals surface area (Å²) in [6, 6.07) is 6.71. The number of carbonyl (C=O) groups is 3. The average molecular weight is 584 g/mol. The highest BCUT2D eigenvalue weighted by molar-refractivity contribution is 5.98. The minimum absolute atomic E-state index is 0.140. The highest BCUT2D eigenvalue weighted by Gasteiger charge is 2.38. The Hall–Kier alpha value is -4.68. The van der Waals surface area contributed by atoms with Gasteiger partial charge in [-0.2, -0.15) is 0 Å². The summed E-state index contributed by atoms with van der Waals surface area (Å²) >= 11 is 0. The van der Waals surface area contributed by atoms with E-state index >= 15 is 0 Å². The van der Waals surface area contributed by atoms with Crippen LogP contribution in [0.1, 0.15) is 56.1 Å². The smallest absolute Gasteiger partial charge is 0.411 e. The van der Waals surface area contributed by atoms with Gasteiger partial charge in [0.05, 0.1) is 37.2 Å². The standard InChI is InChI=1S/C29H31F2N5O6/c1-15-5-4-6-21(36-12-11-22(42-29(36)39)24-18(30)9-10-23(40-2)25(24)31)26-32-14-20(34-26)17-8-7-16(33-28(38)41-3)13-19(17)35-27(15)37/h7-10,13-15,21-22H,4-6,11-12H2,1-3H3,(H,32,34)(H,33,38)(H,35,37)/t15?,21-,22?/m0/s1. The average Bonchev–Trinajstić information content (AvgIpc) is 3.45. The number of carbonyl (C=O) groups excluding carboxylic acids is 3. The number of methoxy groups -OCH3 is 2. The first-order valence-corrected chi connectivity index (χ1v) is 13.5. The van der Waals surface area contributed by atoms with Crippen LogP contribution in [0.15, 0.2) is 36.5 Å². The lowest BCUT2D eigenvalue weighted by molar-refractivity contribution is -0.119. The number of benzene rings is 2. The van der Waals surface area contributed by atoms with E-state index in [2.05, 4.69) is 20.4 Å². The first-order valence-electron chi connectivity index (χ1n) is 13.5. The van der Waals surface area contributed by atoms with Gasteiger partial charge in [-0.1, -0.05) is 13.3 Å². The van der Waals surface area contributed by atoms with E-state index in [0.29, 0.717) is 47.7 Å². The second-order valence-electron chi connectivity index (χ2n) is 10.2. The summed E-state index contributed by atoms with van der Waals surface area (Å²) in [5, 5.41) is 5.52. The minimum Gasteiger partial charge on any atom is -0.494 e. The number of imidazole rings is 1.